The Labute approximate surface area is 103 Å². The van der Waals surface area contributed by atoms with Gasteiger partial charge in [-0.1, -0.05) is 0 Å². The zero-order valence-electron chi connectivity index (χ0n) is 10.6. The molecule has 2 heterocycles. The molecule has 2 unspecified atom stereocenters. The van der Waals surface area contributed by atoms with Gasteiger partial charge in [0.2, 0.25) is 5.91 Å². The number of nitriles is 1. The van der Waals surface area contributed by atoms with Gasteiger partial charge in [-0.05, 0) is 38.8 Å². The summed E-state index contributed by atoms with van der Waals surface area (Å²) in [5.74, 6) is 0.883. The van der Waals surface area contributed by atoms with Crippen molar-refractivity contribution in [2.75, 3.05) is 33.2 Å². The minimum absolute atomic E-state index is 0.0500. The van der Waals surface area contributed by atoms with E-state index in [0.29, 0.717) is 18.9 Å². The summed E-state index contributed by atoms with van der Waals surface area (Å²) < 4.78 is 0. The van der Waals surface area contributed by atoms with Crippen LogP contribution in [0.3, 0.4) is 0 Å². The Bertz CT molecular complexity index is 323. The predicted molar refractivity (Wildman–Crippen MR) is 65.1 cm³/mol. The Morgan fingerprint density at radius 3 is 2.94 bits per heavy atom. The maximum atomic E-state index is 11.8. The molecule has 4 nitrogen and oxygen atoms in total. The number of likely N-dealkylation sites (tertiary alicyclic amines) is 2. The van der Waals surface area contributed by atoms with Crippen LogP contribution in [0.2, 0.25) is 0 Å². The van der Waals surface area contributed by atoms with Crippen molar-refractivity contribution in [1.82, 2.24) is 9.80 Å². The van der Waals surface area contributed by atoms with Crippen LogP contribution in [0.1, 0.15) is 25.7 Å². The van der Waals surface area contributed by atoms with Gasteiger partial charge in [0, 0.05) is 26.1 Å². The normalized spacial score (nSPS) is 31.3. The highest BCUT2D eigenvalue weighted by atomic mass is 16.2. The minimum Gasteiger partial charge on any atom is -0.341 e. The summed E-state index contributed by atoms with van der Waals surface area (Å²) in [7, 11) is 2.14. The molecule has 2 rings (SSSR count). The van der Waals surface area contributed by atoms with E-state index in [4.69, 9.17) is 5.26 Å². The van der Waals surface area contributed by atoms with Gasteiger partial charge in [0.25, 0.3) is 0 Å². The summed E-state index contributed by atoms with van der Waals surface area (Å²) in [6.07, 6.45) is 3.74. The molecule has 0 aromatic carbocycles. The maximum absolute atomic E-state index is 11.8. The molecule has 2 saturated heterocycles. The van der Waals surface area contributed by atoms with Gasteiger partial charge in [-0.15, -0.1) is 0 Å². The number of piperidine rings is 2. The molecular formula is C13H21N3O. The second-order valence-electron chi connectivity index (χ2n) is 5.43. The first-order chi connectivity index (χ1) is 8.19. The zero-order valence-corrected chi connectivity index (χ0v) is 10.6. The topological polar surface area (TPSA) is 47.3 Å². The molecule has 2 atom stereocenters. The highest BCUT2D eigenvalue weighted by Crippen LogP contribution is 2.21. The highest BCUT2D eigenvalue weighted by molar-refractivity contribution is 5.77. The van der Waals surface area contributed by atoms with E-state index >= 15 is 0 Å². The lowest BCUT2D eigenvalue weighted by atomic mass is 9.94. The van der Waals surface area contributed by atoms with Crippen molar-refractivity contribution in [2.45, 2.75) is 25.7 Å². The molecule has 94 valence electrons. The van der Waals surface area contributed by atoms with Crippen molar-refractivity contribution in [3.63, 3.8) is 0 Å². The maximum Gasteiger partial charge on any atom is 0.222 e. The van der Waals surface area contributed by atoms with E-state index < -0.39 is 0 Å². The van der Waals surface area contributed by atoms with Crippen LogP contribution in [0.25, 0.3) is 0 Å². The summed E-state index contributed by atoms with van der Waals surface area (Å²) in [5, 5.41) is 8.95. The van der Waals surface area contributed by atoms with Crippen LogP contribution in [0.4, 0.5) is 0 Å². The van der Waals surface area contributed by atoms with Gasteiger partial charge < -0.3 is 9.80 Å². The number of nitrogens with zero attached hydrogens (tertiary/aromatic N) is 3. The van der Waals surface area contributed by atoms with Gasteiger partial charge in [0.05, 0.1) is 12.0 Å². The third-order valence-electron chi connectivity index (χ3n) is 3.88. The van der Waals surface area contributed by atoms with E-state index in [2.05, 4.69) is 18.0 Å². The molecule has 0 saturated carbocycles. The van der Waals surface area contributed by atoms with E-state index in [1.165, 1.54) is 19.4 Å². The number of carbonyl (C=O) groups excluding carboxylic acids is 1. The molecule has 2 aliphatic heterocycles. The number of rotatable bonds is 2. The first-order valence-electron chi connectivity index (χ1n) is 6.55. The van der Waals surface area contributed by atoms with Gasteiger partial charge >= 0.3 is 0 Å². The number of amides is 1. The van der Waals surface area contributed by atoms with E-state index in [1.54, 1.807) is 0 Å². The first kappa shape index (κ1) is 12.4. The summed E-state index contributed by atoms with van der Waals surface area (Å²) in [4.78, 5) is 16.1. The van der Waals surface area contributed by atoms with Gasteiger partial charge in [-0.2, -0.15) is 5.26 Å². The SMILES string of the molecule is CN1CCCC(CN2CC(C#N)CCC2=O)C1. The van der Waals surface area contributed by atoms with Crippen LogP contribution >= 0.6 is 0 Å². The average Bonchev–Trinajstić information content (AvgIpc) is 2.32. The minimum atomic E-state index is 0.0500. The molecular weight excluding hydrogens is 214 g/mol. The van der Waals surface area contributed by atoms with Crippen LogP contribution < -0.4 is 0 Å². The Morgan fingerprint density at radius 2 is 2.24 bits per heavy atom. The lowest BCUT2D eigenvalue weighted by molar-refractivity contribution is -0.135. The van der Waals surface area contributed by atoms with Crippen LogP contribution in [0.15, 0.2) is 0 Å². The summed E-state index contributed by atoms with van der Waals surface area (Å²) in [6.45, 7) is 3.75. The fraction of sp³-hybridized carbons (Fsp3) is 0.846. The molecule has 0 aliphatic carbocycles. The lowest BCUT2D eigenvalue weighted by Crippen LogP contribution is -2.45. The molecule has 1 amide bonds. The molecule has 0 aromatic rings. The molecule has 0 spiro atoms. The average molecular weight is 235 g/mol. The third-order valence-corrected chi connectivity index (χ3v) is 3.88. The largest absolute Gasteiger partial charge is 0.341 e. The van der Waals surface area contributed by atoms with Gasteiger partial charge in [0.1, 0.15) is 0 Å². The summed E-state index contributed by atoms with van der Waals surface area (Å²) in [6, 6.07) is 2.30. The second-order valence-corrected chi connectivity index (χ2v) is 5.43. The fourth-order valence-electron chi connectivity index (χ4n) is 2.93. The van der Waals surface area contributed by atoms with Crippen LogP contribution in [0.5, 0.6) is 0 Å². The number of carbonyl (C=O) groups is 1. The Kier molecular flexibility index (Phi) is 4.01. The lowest BCUT2D eigenvalue weighted by Gasteiger charge is -2.36. The highest BCUT2D eigenvalue weighted by Gasteiger charge is 2.28. The van der Waals surface area contributed by atoms with Crippen molar-refractivity contribution in [3.05, 3.63) is 0 Å². The van der Waals surface area contributed by atoms with Crippen molar-refractivity contribution >= 4 is 5.91 Å². The molecule has 0 N–H and O–H groups in total. The Hall–Kier alpha value is -1.08. The molecule has 0 bridgehead atoms. The van der Waals surface area contributed by atoms with Crippen molar-refractivity contribution in [2.24, 2.45) is 11.8 Å². The quantitative estimate of drug-likeness (QED) is 0.720. The number of hydrogen-bond acceptors (Lipinski definition) is 3. The van der Waals surface area contributed by atoms with Gasteiger partial charge in [-0.25, -0.2) is 0 Å². The summed E-state index contributed by atoms with van der Waals surface area (Å²) in [5.41, 5.74) is 0. The monoisotopic (exact) mass is 235 g/mol. The molecule has 0 radical (unpaired) electrons. The van der Waals surface area contributed by atoms with Crippen molar-refractivity contribution in [1.29, 1.82) is 5.26 Å². The van der Waals surface area contributed by atoms with Crippen LogP contribution in [-0.2, 0) is 4.79 Å². The zero-order chi connectivity index (χ0) is 12.3. The van der Waals surface area contributed by atoms with E-state index in [9.17, 15) is 4.79 Å². The smallest absolute Gasteiger partial charge is 0.222 e. The molecule has 0 aromatic heterocycles. The van der Waals surface area contributed by atoms with E-state index in [1.807, 2.05) is 4.90 Å². The first-order valence-corrected chi connectivity index (χ1v) is 6.55. The van der Waals surface area contributed by atoms with Gasteiger partial charge in [-0.3, -0.25) is 4.79 Å². The van der Waals surface area contributed by atoms with Crippen molar-refractivity contribution < 1.29 is 4.79 Å². The second kappa shape index (κ2) is 5.50. The molecule has 2 fully saturated rings. The fourth-order valence-corrected chi connectivity index (χ4v) is 2.93. The van der Waals surface area contributed by atoms with Crippen LogP contribution in [0, 0.1) is 23.2 Å². The van der Waals surface area contributed by atoms with E-state index in [0.717, 1.165) is 19.5 Å². The van der Waals surface area contributed by atoms with E-state index in [-0.39, 0.29) is 11.8 Å². The summed E-state index contributed by atoms with van der Waals surface area (Å²) >= 11 is 0. The molecule has 4 heteroatoms. The Morgan fingerprint density at radius 1 is 1.41 bits per heavy atom. The molecule has 17 heavy (non-hydrogen) atoms. The Balaban J connectivity index is 1.88. The molecule has 2 aliphatic rings. The van der Waals surface area contributed by atoms with Gasteiger partial charge in [0.15, 0.2) is 0 Å². The number of hydrogen-bond donors (Lipinski definition) is 0. The van der Waals surface area contributed by atoms with Crippen molar-refractivity contribution in [3.8, 4) is 6.07 Å². The third kappa shape index (κ3) is 3.19. The van der Waals surface area contributed by atoms with Crippen LogP contribution in [-0.4, -0.2) is 48.9 Å². The predicted octanol–water partition coefficient (Wildman–Crippen LogP) is 1.09. The standard InChI is InChI=1S/C13H21N3O/c1-15-6-2-3-12(8-15)10-16-9-11(7-14)4-5-13(16)17/h11-12H,2-6,8-10H2,1H3.